The molecule has 15 heavy (non-hydrogen) atoms. The minimum atomic E-state index is -1.04. The van der Waals surface area contributed by atoms with E-state index in [4.69, 9.17) is 4.74 Å². The van der Waals surface area contributed by atoms with Gasteiger partial charge in [0.15, 0.2) is 6.10 Å². The summed E-state index contributed by atoms with van der Waals surface area (Å²) < 4.78 is 4.78. The number of rotatable bonds is 4. The summed E-state index contributed by atoms with van der Waals surface area (Å²) in [7, 11) is 0. The number of ether oxygens (including phenoxy) is 1. The van der Waals surface area contributed by atoms with E-state index < -0.39 is 12.1 Å². The summed E-state index contributed by atoms with van der Waals surface area (Å²) in [6.07, 6.45) is 4.99. The molecule has 0 saturated carbocycles. The van der Waals surface area contributed by atoms with Gasteiger partial charge in [-0.25, -0.2) is 4.79 Å². The van der Waals surface area contributed by atoms with Gasteiger partial charge in [-0.05, 0) is 37.7 Å². The van der Waals surface area contributed by atoms with Crippen LogP contribution in [-0.2, 0) is 9.53 Å². The van der Waals surface area contributed by atoms with E-state index in [-0.39, 0.29) is 0 Å². The van der Waals surface area contributed by atoms with E-state index in [0.717, 1.165) is 24.8 Å². The molecule has 86 valence electrons. The van der Waals surface area contributed by atoms with Crippen molar-refractivity contribution < 1.29 is 14.6 Å². The SMILES string of the molecule is CCOC(=O)C(O)C1=CCC(CC)CC1. The molecule has 1 aliphatic carbocycles. The second kappa shape index (κ2) is 5.91. The van der Waals surface area contributed by atoms with Crippen LogP contribution in [0.5, 0.6) is 0 Å². The van der Waals surface area contributed by atoms with Crippen LogP contribution in [0.25, 0.3) is 0 Å². The first kappa shape index (κ1) is 12.2. The Morgan fingerprint density at radius 2 is 2.40 bits per heavy atom. The maximum absolute atomic E-state index is 11.3. The first-order valence-electron chi connectivity index (χ1n) is 5.72. The molecule has 0 saturated heterocycles. The highest BCUT2D eigenvalue weighted by atomic mass is 16.5. The predicted octanol–water partition coefficient (Wildman–Crippen LogP) is 2.05. The third kappa shape index (κ3) is 3.34. The average Bonchev–Trinajstić information content (AvgIpc) is 2.28. The fourth-order valence-corrected chi connectivity index (χ4v) is 1.90. The molecule has 2 unspecified atom stereocenters. The van der Waals surface area contributed by atoms with Crippen LogP contribution < -0.4 is 0 Å². The van der Waals surface area contributed by atoms with Gasteiger partial charge in [0.25, 0.3) is 0 Å². The van der Waals surface area contributed by atoms with Gasteiger partial charge in [0.2, 0.25) is 0 Å². The van der Waals surface area contributed by atoms with Crippen molar-refractivity contribution in [1.29, 1.82) is 0 Å². The van der Waals surface area contributed by atoms with E-state index in [1.54, 1.807) is 6.92 Å². The molecule has 3 heteroatoms. The quantitative estimate of drug-likeness (QED) is 0.573. The zero-order valence-electron chi connectivity index (χ0n) is 9.53. The Kier molecular flexibility index (Phi) is 4.82. The number of carbonyl (C=O) groups is 1. The Labute approximate surface area is 91.1 Å². The van der Waals surface area contributed by atoms with Crippen molar-refractivity contribution in [2.75, 3.05) is 6.61 Å². The second-order valence-electron chi connectivity index (χ2n) is 3.98. The molecule has 0 amide bonds. The van der Waals surface area contributed by atoms with E-state index in [2.05, 4.69) is 6.92 Å². The summed E-state index contributed by atoms with van der Waals surface area (Å²) in [5.74, 6) is 0.196. The number of carbonyl (C=O) groups excluding carboxylic acids is 1. The molecule has 1 rings (SSSR count). The van der Waals surface area contributed by atoms with Gasteiger partial charge in [-0.1, -0.05) is 19.4 Å². The minimum Gasteiger partial charge on any atom is -0.464 e. The first-order valence-corrected chi connectivity index (χ1v) is 5.72. The Bertz CT molecular complexity index is 245. The van der Waals surface area contributed by atoms with Crippen molar-refractivity contribution in [3.8, 4) is 0 Å². The molecule has 2 atom stereocenters. The topological polar surface area (TPSA) is 46.5 Å². The molecule has 0 aromatic carbocycles. The summed E-state index contributed by atoms with van der Waals surface area (Å²) in [5.41, 5.74) is 0.832. The zero-order valence-corrected chi connectivity index (χ0v) is 9.53. The smallest absolute Gasteiger partial charge is 0.339 e. The van der Waals surface area contributed by atoms with Crippen LogP contribution in [0, 0.1) is 5.92 Å². The molecule has 0 spiro atoms. The average molecular weight is 212 g/mol. The number of allylic oxidation sites excluding steroid dienone is 1. The summed E-state index contributed by atoms with van der Waals surface area (Å²) in [5, 5.41) is 9.69. The van der Waals surface area contributed by atoms with Crippen LogP contribution in [0.15, 0.2) is 11.6 Å². The Morgan fingerprint density at radius 1 is 1.67 bits per heavy atom. The van der Waals surface area contributed by atoms with Gasteiger partial charge in [-0.2, -0.15) is 0 Å². The van der Waals surface area contributed by atoms with Gasteiger partial charge in [0.1, 0.15) is 0 Å². The number of aliphatic hydroxyl groups excluding tert-OH is 1. The number of aliphatic hydroxyl groups is 1. The van der Waals surface area contributed by atoms with Crippen LogP contribution >= 0.6 is 0 Å². The molecule has 0 heterocycles. The maximum Gasteiger partial charge on any atom is 0.339 e. The lowest BCUT2D eigenvalue weighted by Gasteiger charge is -2.22. The van der Waals surface area contributed by atoms with Crippen LogP contribution in [0.4, 0.5) is 0 Å². The lowest BCUT2D eigenvalue weighted by molar-refractivity contribution is -0.151. The van der Waals surface area contributed by atoms with Crippen molar-refractivity contribution in [3.63, 3.8) is 0 Å². The minimum absolute atomic E-state index is 0.320. The highest BCUT2D eigenvalue weighted by Gasteiger charge is 2.24. The van der Waals surface area contributed by atoms with Crippen molar-refractivity contribution in [2.45, 2.75) is 45.6 Å². The van der Waals surface area contributed by atoms with Gasteiger partial charge in [-0.3, -0.25) is 0 Å². The molecule has 3 nitrogen and oxygen atoms in total. The molecule has 0 aromatic heterocycles. The molecule has 0 bridgehead atoms. The monoisotopic (exact) mass is 212 g/mol. The van der Waals surface area contributed by atoms with E-state index >= 15 is 0 Å². The third-order valence-electron chi connectivity index (χ3n) is 2.99. The molecule has 0 aromatic rings. The van der Waals surface area contributed by atoms with Gasteiger partial charge in [0, 0.05) is 0 Å². The highest BCUT2D eigenvalue weighted by molar-refractivity contribution is 5.78. The number of hydrogen-bond acceptors (Lipinski definition) is 3. The summed E-state index contributed by atoms with van der Waals surface area (Å²) in [6, 6.07) is 0. The van der Waals surface area contributed by atoms with E-state index in [1.807, 2.05) is 6.08 Å². The normalized spacial score (nSPS) is 23.1. The van der Waals surface area contributed by atoms with E-state index in [1.165, 1.54) is 6.42 Å². The Hall–Kier alpha value is -0.830. The van der Waals surface area contributed by atoms with Crippen LogP contribution in [0.3, 0.4) is 0 Å². The fraction of sp³-hybridized carbons (Fsp3) is 0.750. The van der Waals surface area contributed by atoms with Crippen LogP contribution in [0.1, 0.15) is 39.5 Å². The van der Waals surface area contributed by atoms with Crippen LogP contribution in [0.2, 0.25) is 0 Å². The Balaban J connectivity index is 2.50. The van der Waals surface area contributed by atoms with Crippen LogP contribution in [-0.4, -0.2) is 23.8 Å². The van der Waals surface area contributed by atoms with Crippen molar-refractivity contribution in [1.82, 2.24) is 0 Å². The standard InChI is InChI=1S/C12H20O3/c1-3-9-5-7-10(8-6-9)11(13)12(14)15-4-2/h7,9,11,13H,3-6,8H2,1-2H3. The van der Waals surface area contributed by atoms with Gasteiger partial charge in [-0.15, -0.1) is 0 Å². The number of esters is 1. The van der Waals surface area contributed by atoms with Gasteiger partial charge in [0.05, 0.1) is 6.61 Å². The third-order valence-corrected chi connectivity index (χ3v) is 2.99. The van der Waals surface area contributed by atoms with E-state index in [9.17, 15) is 9.90 Å². The molecular weight excluding hydrogens is 192 g/mol. The molecule has 0 fully saturated rings. The summed E-state index contributed by atoms with van der Waals surface area (Å²) in [6.45, 7) is 4.24. The molecule has 1 N–H and O–H groups in total. The number of hydrogen-bond donors (Lipinski definition) is 1. The van der Waals surface area contributed by atoms with E-state index in [0.29, 0.717) is 12.5 Å². The summed E-state index contributed by atoms with van der Waals surface area (Å²) in [4.78, 5) is 11.3. The fourth-order valence-electron chi connectivity index (χ4n) is 1.90. The lowest BCUT2D eigenvalue weighted by Crippen LogP contribution is -2.26. The summed E-state index contributed by atoms with van der Waals surface area (Å²) >= 11 is 0. The van der Waals surface area contributed by atoms with Gasteiger partial charge >= 0.3 is 5.97 Å². The largest absolute Gasteiger partial charge is 0.464 e. The highest BCUT2D eigenvalue weighted by Crippen LogP contribution is 2.27. The van der Waals surface area contributed by atoms with Crippen molar-refractivity contribution in [2.24, 2.45) is 5.92 Å². The molecule has 0 aliphatic heterocycles. The van der Waals surface area contributed by atoms with Crippen molar-refractivity contribution >= 4 is 5.97 Å². The predicted molar refractivity (Wildman–Crippen MR) is 58.4 cm³/mol. The molecule has 0 radical (unpaired) electrons. The molecular formula is C12H20O3. The van der Waals surface area contributed by atoms with Gasteiger partial charge < -0.3 is 9.84 Å². The Morgan fingerprint density at radius 3 is 2.87 bits per heavy atom. The maximum atomic E-state index is 11.3. The van der Waals surface area contributed by atoms with Crippen molar-refractivity contribution in [3.05, 3.63) is 11.6 Å². The zero-order chi connectivity index (χ0) is 11.3. The molecule has 1 aliphatic rings. The second-order valence-corrected chi connectivity index (χ2v) is 3.98. The first-order chi connectivity index (χ1) is 7.19. The lowest BCUT2D eigenvalue weighted by atomic mass is 9.86.